The summed E-state index contributed by atoms with van der Waals surface area (Å²) in [6.07, 6.45) is 1.95. The zero-order chi connectivity index (χ0) is 20.1. The normalized spacial score (nSPS) is 26.3. The van der Waals surface area contributed by atoms with Crippen LogP contribution in [-0.2, 0) is 24.2 Å². The lowest BCUT2D eigenvalue weighted by molar-refractivity contribution is -0.152. The van der Waals surface area contributed by atoms with Gasteiger partial charge in [0.1, 0.15) is 4.75 Å². The lowest BCUT2D eigenvalue weighted by atomic mass is 9.95. The van der Waals surface area contributed by atoms with Crippen molar-refractivity contribution in [2.24, 2.45) is 0 Å². The minimum Gasteiger partial charge on any atom is -0.480 e. The molecule has 2 amide bonds. The van der Waals surface area contributed by atoms with Crippen molar-refractivity contribution in [3.8, 4) is 0 Å². The average Bonchev–Trinajstić information content (AvgIpc) is 2.73. The highest BCUT2D eigenvalue weighted by molar-refractivity contribution is 7.94. The van der Waals surface area contributed by atoms with E-state index in [1.165, 1.54) is 45.4 Å². The minimum absolute atomic E-state index is 0.0606. The summed E-state index contributed by atoms with van der Waals surface area (Å²) in [5.41, 5.74) is 0.513. The number of hydrogen-bond acceptors (Lipinski definition) is 7. The van der Waals surface area contributed by atoms with Crippen molar-refractivity contribution in [3.05, 3.63) is 29.6 Å². The second-order valence-electron chi connectivity index (χ2n) is 6.64. The highest BCUT2D eigenvalue weighted by Crippen LogP contribution is 2.48. The molecule has 3 heterocycles. The predicted molar refractivity (Wildman–Crippen MR) is 93.3 cm³/mol. The van der Waals surface area contributed by atoms with E-state index in [2.05, 4.69) is 15.0 Å². The standard InChI is InChI=1S/C16H17N3O7S/c1-16(2)11(14(21)22)19-12(20)10(13(19)27(16,24)25)7-9-6-8(4-5-17-9)18-15(23)26-3/h4-7,11,13H,1-3H3,(H,21,22)(H,17,18,23)/t11-,13+/m0/s1. The van der Waals surface area contributed by atoms with E-state index in [1.54, 1.807) is 0 Å². The molecular weight excluding hydrogens is 378 g/mol. The number of sulfone groups is 1. The van der Waals surface area contributed by atoms with E-state index in [9.17, 15) is 27.9 Å². The summed E-state index contributed by atoms with van der Waals surface area (Å²) in [6, 6.07) is 1.46. The van der Waals surface area contributed by atoms with Gasteiger partial charge in [-0.05, 0) is 32.1 Å². The number of rotatable bonds is 3. The van der Waals surface area contributed by atoms with Crippen LogP contribution in [0.2, 0.25) is 0 Å². The number of β-lactam (4-membered cyclic amide) rings is 1. The molecule has 0 unspecified atom stereocenters. The van der Waals surface area contributed by atoms with Gasteiger partial charge in [-0.3, -0.25) is 15.1 Å². The lowest BCUT2D eigenvalue weighted by Crippen LogP contribution is -2.58. The maximum Gasteiger partial charge on any atom is 0.411 e. The summed E-state index contributed by atoms with van der Waals surface area (Å²) in [6.45, 7) is 2.59. The van der Waals surface area contributed by atoms with Crippen LogP contribution in [0.5, 0.6) is 0 Å². The topological polar surface area (TPSA) is 143 Å². The van der Waals surface area contributed by atoms with Gasteiger partial charge in [-0.15, -0.1) is 0 Å². The maximum atomic E-state index is 12.8. The molecule has 2 fully saturated rings. The second kappa shape index (κ2) is 6.05. The van der Waals surface area contributed by atoms with Gasteiger partial charge in [0.15, 0.2) is 21.3 Å². The molecule has 0 spiro atoms. The van der Waals surface area contributed by atoms with Crippen LogP contribution in [0.4, 0.5) is 10.5 Å². The number of ether oxygens (including phenoxy) is 1. The van der Waals surface area contributed by atoms with Gasteiger partial charge in [-0.25, -0.2) is 18.0 Å². The summed E-state index contributed by atoms with van der Waals surface area (Å²) in [5, 5.41) is 10.5. The molecule has 11 heteroatoms. The molecule has 3 rings (SSSR count). The number of carboxylic acids is 1. The van der Waals surface area contributed by atoms with Crippen molar-refractivity contribution in [3.63, 3.8) is 0 Å². The quantitative estimate of drug-likeness (QED) is 0.555. The number of aromatic nitrogens is 1. The van der Waals surface area contributed by atoms with Gasteiger partial charge in [0, 0.05) is 11.9 Å². The van der Waals surface area contributed by atoms with Gasteiger partial charge in [0.05, 0.1) is 18.4 Å². The van der Waals surface area contributed by atoms with Crippen LogP contribution in [-0.4, -0.2) is 64.7 Å². The van der Waals surface area contributed by atoms with Gasteiger partial charge >= 0.3 is 12.1 Å². The molecule has 144 valence electrons. The molecule has 2 N–H and O–H groups in total. The van der Waals surface area contributed by atoms with Crippen molar-refractivity contribution in [2.45, 2.75) is 30.0 Å². The van der Waals surface area contributed by atoms with Gasteiger partial charge < -0.3 is 14.7 Å². The van der Waals surface area contributed by atoms with E-state index >= 15 is 0 Å². The van der Waals surface area contributed by atoms with Crippen LogP contribution in [0, 0.1) is 0 Å². The van der Waals surface area contributed by atoms with E-state index in [0.29, 0.717) is 5.69 Å². The first kappa shape index (κ1) is 18.8. The predicted octanol–water partition coefficient (Wildman–Crippen LogP) is 0.472. The highest BCUT2D eigenvalue weighted by atomic mass is 32.2. The van der Waals surface area contributed by atoms with Crippen molar-refractivity contribution in [1.82, 2.24) is 9.88 Å². The summed E-state index contributed by atoms with van der Waals surface area (Å²) < 4.78 is 28.4. The second-order valence-corrected chi connectivity index (χ2v) is 9.23. The van der Waals surface area contributed by atoms with Crippen LogP contribution < -0.4 is 5.32 Å². The Bertz CT molecular complexity index is 983. The molecule has 2 aliphatic heterocycles. The number of aliphatic carboxylic acids is 1. The Labute approximate surface area is 154 Å². The monoisotopic (exact) mass is 395 g/mol. The van der Waals surface area contributed by atoms with E-state index in [0.717, 1.165) is 4.90 Å². The molecule has 0 radical (unpaired) electrons. The first-order valence-corrected chi connectivity index (χ1v) is 9.38. The molecule has 0 aromatic carbocycles. The number of carboxylic acid groups (broad SMARTS) is 1. The third-order valence-corrected chi connectivity index (χ3v) is 7.47. The molecule has 1 aromatic heterocycles. The molecule has 0 saturated carbocycles. The number of amides is 2. The number of hydrogen-bond donors (Lipinski definition) is 2. The van der Waals surface area contributed by atoms with Crippen LogP contribution in [0.3, 0.4) is 0 Å². The number of nitrogens with zero attached hydrogens (tertiary/aromatic N) is 2. The largest absolute Gasteiger partial charge is 0.480 e. The van der Waals surface area contributed by atoms with Crippen molar-refractivity contribution >= 4 is 39.6 Å². The molecule has 0 bridgehead atoms. The van der Waals surface area contributed by atoms with E-state index in [-0.39, 0.29) is 11.3 Å². The Morgan fingerprint density at radius 1 is 1.41 bits per heavy atom. The van der Waals surface area contributed by atoms with E-state index in [1.807, 2.05) is 0 Å². The van der Waals surface area contributed by atoms with Crippen LogP contribution in [0.15, 0.2) is 23.9 Å². The van der Waals surface area contributed by atoms with E-state index in [4.69, 9.17) is 0 Å². The van der Waals surface area contributed by atoms with Gasteiger partial charge in [-0.2, -0.15) is 0 Å². The van der Waals surface area contributed by atoms with Crippen LogP contribution in [0.25, 0.3) is 6.08 Å². The maximum absolute atomic E-state index is 12.8. The molecule has 10 nitrogen and oxygen atoms in total. The summed E-state index contributed by atoms with van der Waals surface area (Å²) >= 11 is 0. The van der Waals surface area contributed by atoms with Gasteiger partial charge in [0.2, 0.25) is 0 Å². The Kier molecular flexibility index (Phi) is 4.22. The van der Waals surface area contributed by atoms with Gasteiger partial charge in [-0.1, -0.05) is 0 Å². The van der Waals surface area contributed by atoms with Crippen molar-refractivity contribution < 1.29 is 32.6 Å². The molecule has 2 saturated heterocycles. The molecular formula is C16H17N3O7S. The smallest absolute Gasteiger partial charge is 0.411 e. The molecule has 0 aliphatic carbocycles. The number of anilines is 1. The van der Waals surface area contributed by atoms with Gasteiger partial charge in [0.25, 0.3) is 5.91 Å². The van der Waals surface area contributed by atoms with Crippen molar-refractivity contribution in [1.29, 1.82) is 0 Å². The Morgan fingerprint density at radius 3 is 2.67 bits per heavy atom. The Balaban J connectivity index is 1.99. The number of nitrogens with one attached hydrogen (secondary N) is 1. The zero-order valence-corrected chi connectivity index (χ0v) is 15.5. The number of carbonyl (C=O) groups is 3. The molecule has 2 atom stereocenters. The van der Waals surface area contributed by atoms with Crippen LogP contribution >= 0.6 is 0 Å². The summed E-state index contributed by atoms with van der Waals surface area (Å²) in [5.74, 6) is -2.05. The number of carbonyl (C=O) groups excluding carboxylic acids is 2. The third-order valence-electron chi connectivity index (χ3n) is 4.71. The molecule has 2 aliphatic rings. The SMILES string of the molecule is COC(=O)Nc1ccnc(C=C2C(=O)N3[C@@H](C(=O)O)C(C)(C)S(=O)(=O)[C@H]23)c1. The lowest BCUT2D eigenvalue weighted by Gasteiger charge is -2.37. The molecule has 1 aromatic rings. The number of fused-ring (bicyclic) bond motifs is 1. The first-order valence-electron chi connectivity index (χ1n) is 7.84. The first-order chi connectivity index (χ1) is 12.5. The highest BCUT2D eigenvalue weighted by Gasteiger charge is 2.70. The summed E-state index contributed by atoms with van der Waals surface area (Å²) in [7, 11) is -2.76. The number of pyridine rings is 1. The average molecular weight is 395 g/mol. The summed E-state index contributed by atoms with van der Waals surface area (Å²) in [4.78, 5) is 40.2. The van der Waals surface area contributed by atoms with Crippen LogP contribution in [0.1, 0.15) is 19.5 Å². The fraction of sp³-hybridized carbons (Fsp3) is 0.375. The fourth-order valence-electron chi connectivity index (χ4n) is 3.28. The zero-order valence-electron chi connectivity index (χ0n) is 14.7. The minimum atomic E-state index is -3.96. The third kappa shape index (κ3) is 2.65. The fourth-order valence-corrected chi connectivity index (χ4v) is 5.40. The van der Waals surface area contributed by atoms with E-state index < -0.39 is 44.0 Å². The van der Waals surface area contributed by atoms with Crippen molar-refractivity contribution in [2.75, 3.05) is 12.4 Å². The molecule has 27 heavy (non-hydrogen) atoms. The Morgan fingerprint density at radius 2 is 2.07 bits per heavy atom. The Hall–Kier alpha value is -2.95. The number of methoxy groups -OCH3 is 1.